The molecule has 2 aromatic rings. The van der Waals surface area contributed by atoms with Crippen LogP contribution in [0.5, 0.6) is 0 Å². The van der Waals surface area contributed by atoms with Crippen molar-refractivity contribution < 1.29 is 0 Å². The molecule has 0 aliphatic heterocycles. The number of rotatable bonds is 1. The van der Waals surface area contributed by atoms with E-state index in [1.165, 1.54) is 0 Å². The maximum atomic E-state index is 8.96. The average Bonchev–Trinajstić information content (AvgIpc) is 2.30. The van der Waals surface area contributed by atoms with Gasteiger partial charge in [0, 0.05) is 17.3 Å². The number of nitrogens with zero attached hydrogens (tertiary/aromatic N) is 2. The van der Waals surface area contributed by atoms with E-state index in [1.54, 1.807) is 18.5 Å². The molecule has 2 N–H and O–H groups in total. The van der Waals surface area contributed by atoms with E-state index in [0.717, 1.165) is 11.1 Å². The van der Waals surface area contributed by atoms with Crippen LogP contribution in [0.25, 0.3) is 11.1 Å². The molecule has 1 aromatic carbocycles. The minimum absolute atomic E-state index is 0.584. The van der Waals surface area contributed by atoms with Crippen molar-refractivity contribution in [1.29, 1.82) is 5.26 Å². The van der Waals surface area contributed by atoms with Crippen LogP contribution in [0, 0.1) is 11.3 Å². The Labute approximate surface area is 87.8 Å². The third kappa shape index (κ3) is 1.65. The van der Waals surface area contributed by atoms with E-state index < -0.39 is 0 Å². The van der Waals surface area contributed by atoms with E-state index in [9.17, 15) is 0 Å². The van der Waals surface area contributed by atoms with E-state index in [-0.39, 0.29) is 0 Å². The maximum absolute atomic E-state index is 8.96. The molecule has 3 heteroatoms. The second kappa shape index (κ2) is 3.81. The highest BCUT2D eigenvalue weighted by Gasteiger charge is 2.06. The Kier molecular flexibility index (Phi) is 2.34. The van der Waals surface area contributed by atoms with Crippen molar-refractivity contribution in [2.24, 2.45) is 0 Å². The number of pyridine rings is 1. The van der Waals surface area contributed by atoms with Crippen molar-refractivity contribution in [1.82, 2.24) is 4.98 Å². The van der Waals surface area contributed by atoms with Gasteiger partial charge in [0.05, 0.1) is 23.5 Å². The van der Waals surface area contributed by atoms with Crippen LogP contribution in [0.3, 0.4) is 0 Å². The standard InChI is InChI=1S/C12H9N3/c13-7-9-3-1-2-4-10(9)11-5-6-15-8-12(11)14/h1-6,8H,14H2. The Balaban J connectivity index is 2.65. The first-order chi connectivity index (χ1) is 7.33. The largest absolute Gasteiger partial charge is 0.397 e. The van der Waals surface area contributed by atoms with Crippen molar-refractivity contribution in [3.8, 4) is 17.2 Å². The van der Waals surface area contributed by atoms with Crippen LogP contribution in [-0.4, -0.2) is 4.98 Å². The Morgan fingerprint density at radius 2 is 1.93 bits per heavy atom. The highest BCUT2D eigenvalue weighted by Crippen LogP contribution is 2.27. The van der Waals surface area contributed by atoms with Crippen molar-refractivity contribution >= 4 is 5.69 Å². The maximum Gasteiger partial charge on any atom is 0.0998 e. The van der Waals surface area contributed by atoms with Gasteiger partial charge < -0.3 is 5.73 Å². The summed E-state index contributed by atoms with van der Waals surface area (Å²) in [5, 5.41) is 8.96. The van der Waals surface area contributed by atoms with Crippen LogP contribution in [-0.2, 0) is 0 Å². The summed E-state index contributed by atoms with van der Waals surface area (Å²) in [6.07, 6.45) is 3.25. The van der Waals surface area contributed by atoms with Crippen LogP contribution in [0.15, 0.2) is 42.7 Å². The quantitative estimate of drug-likeness (QED) is 0.758. The third-order valence-corrected chi connectivity index (χ3v) is 2.19. The van der Waals surface area contributed by atoms with Gasteiger partial charge in [-0.3, -0.25) is 4.98 Å². The highest BCUT2D eigenvalue weighted by molar-refractivity contribution is 5.79. The van der Waals surface area contributed by atoms with Gasteiger partial charge in [0.25, 0.3) is 0 Å². The van der Waals surface area contributed by atoms with Crippen molar-refractivity contribution in [3.05, 3.63) is 48.3 Å². The zero-order valence-corrected chi connectivity index (χ0v) is 8.01. The van der Waals surface area contributed by atoms with Crippen molar-refractivity contribution in [2.45, 2.75) is 0 Å². The fourth-order valence-corrected chi connectivity index (χ4v) is 1.47. The lowest BCUT2D eigenvalue weighted by atomic mass is 10.0. The summed E-state index contributed by atoms with van der Waals surface area (Å²) in [6.45, 7) is 0. The van der Waals surface area contributed by atoms with Gasteiger partial charge in [-0.15, -0.1) is 0 Å². The van der Waals surface area contributed by atoms with E-state index in [4.69, 9.17) is 11.0 Å². The summed E-state index contributed by atoms with van der Waals surface area (Å²) in [6, 6.07) is 11.3. The molecule has 3 nitrogen and oxygen atoms in total. The molecule has 0 amide bonds. The summed E-state index contributed by atoms with van der Waals surface area (Å²) < 4.78 is 0. The molecule has 15 heavy (non-hydrogen) atoms. The molecule has 1 heterocycles. The van der Waals surface area contributed by atoms with Gasteiger partial charge >= 0.3 is 0 Å². The number of aromatic nitrogens is 1. The molecule has 0 atom stereocenters. The van der Waals surface area contributed by atoms with Crippen LogP contribution in [0.4, 0.5) is 5.69 Å². The number of benzene rings is 1. The Hall–Kier alpha value is -2.34. The highest BCUT2D eigenvalue weighted by atomic mass is 14.7. The van der Waals surface area contributed by atoms with Gasteiger partial charge in [0.15, 0.2) is 0 Å². The Bertz CT molecular complexity index is 526. The van der Waals surface area contributed by atoms with Crippen molar-refractivity contribution in [2.75, 3.05) is 5.73 Å². The van der Waals surface area contributed by atoms with Crippen LogP contribution in [0.2, 0.25) is 0 Å². The summed E-state index contributed by atoms with van der Waals surface area (Å²) in [4.78, 5) is 3.92. The number of hydrogen-bond acceptors (Lipinski definition) is 3. The molecule has 0 aliphatic carbocycles. The number of nitriles is 1. The molecule has 0 unspecified atom stereocenters. The molecular formula is C12H9N3. The van der Waals surface area contributed by atoms with Gasteiger partial charge in [-0.1, -0.05) is 18.2 Å². The second-order valence-corrected chi connectivity index (χ2v) is 3.12. The lowest BCUT2D eigenvalue weighted by Crippen LogP contribution is -1.92. The topological polar surface area (TPSA) is 62.7 Å². The van der Waals surface area contributed by atoms with Gasteiger partial charge in [-0.25, -0.2) is 0 Å². The van der Waals surface area contributed by atoms with Gasteiger partial charge in [-0.05, 0) is 12.1 Å². The number of nitrogens with two attached hydrogens (primary N) is 1. The number of nitrogen functional groups attached to an aromatic ring is 1. The predicted octanol–water partition coefficient (Wildman–Crippen LogP) is 2.20. The first-order valence-electron chi connectivity index (χ1n) is 4.52. The molecule has 0 saturated carbocycles. The third-order valence-electron chi connectivity index (χ3n) is 2.19. The molecule has 0 bridgehead atoms. The average molecular weight is 195 g/mol. The van der Waals surface area contributed by atoms with Crippen LogP contribution < -0.4 is 5.73 Å². The molecule has 0 radical (unpaired) electrons. The monoisotopic (exact) mass is 195 g/mol. The molecule has 72 valence electrons. The summed E-state index contributed by atoms with van der Waals surface area (Å²) in [5.74, 6) is 0. The minimum atomic E-state index is 0.584. The number of anilines is 1. The molecular weight excluding hydrogens is 186 g/mol. The Morgan fingerprint density at radius 1 is 1.13 bits per heavy atom. The molecule has 0 saturated heterocycles. The van der Waals surface area contributed by atoms with E-state index >= 15 is 0 Å². The normalized spacial score (nSPS) is 9.53. The zero-order chi connectivity index (χ0) is 10.7. The smallest absolute Gasteiger partial charge is 0.0998 e. The SMILES string of the molecule is N#Cc1ccccc1-c1ccncc1N. The fourth-order valence-electron chi connectivity index (χ4n) is 1.47. The van der Waals surface area contributed by atoms with E-state index in [2.05, 4.69) is 11.1 Å². The fraction of sp³-hybridized carbons (Fsp3) is 0. The second-order valence-electron chi connectivity index (χ2n) is 3.12. The van der Waals surface area contributed by atoms with Gasteiger partial charge in [0.2, 0.25) is 0 Å². The van der Waals surface area contributed by atoms with Gasteiger partial charge in [0.1, 0.15) is 0 Å². The first kappa shape index (κ1) is 9.22. The van der Waals surface area contributed by atoms with Crippen molar-refractivity contribution in [3.63, 3.8) is 0 Å². The molecule has 1 aromatic heterocycles. The summed E-state index contributed by atoms with van der Waals surface area (Å²) in [5.41, 5.74) is 8.70. The zero-order valence-electron chi connectivity index (χ0n) is 8.01. The lowest BCUT2D eigenvalue weighted by Gasteiger charge is -2.06. The lowest BCUT2D eigenvalue weighted by molar-refractivity contribution is 1.33. The number of hydrogen-bond donors (Lipinski definition) is 1. The molecule has 0 aliphatic rings. The van der Waals surface area contributed by atoms with Crippen LogP contribution >= 0.6 is 0 Å². The predicted molar refractivity (Wildman–Crippen MR) is 58.8 cm³/mol. The minimum Gasteiger partial charge on any atom is -0.397 e. The Morgan fingerprint density at radius 3 is 2.67 bits per heavy atom. The molecule has 0 fully saturated rings. The van der Waals surface area contributed by atoms with E-state index in [1.807, 2.05) is 24.3 Å². The van der Waals surface area contributed by atoms with Gasteiger partial charge in [-0.2, -0.15) is 5.26 Å². The first-order valence-corrected chi connectivity index (χ1v) is 4.52. The summed E-state index contributed by atoms with van der Waals surface area (Å²) in [7, 11) is 0. The van der Waals surface area contributed by atoms with Crippen LogP contribution in [0.1, 0.15) is 5.56 Å². The van der Waals surface area contributed by atoms with E-state index in [0.29, 0.717) is 11.3 Å². The molecule has 2 rings (SSSR count). The molecule has 0 spiro atoms. The summed E-state index contributed by atoms with van der Waals surface area (Å²) >= 11 is 0.